The molecular weight excluding hydrogens is 911 g/mol. The standard InChI is InChI=1S/C29H45P.C18H20O2.C10H11ClO.C8H10O/c1-19(2)22-17-24(20(3)4)27(25(18-22)21(5)6)23-15-13-14-16-26(23)30(28(7,8)9)29(10,11)12;1-11-6-12(2)8-16(7-11)20-17-9-13(3)18(15(5)19)14(4)10-17;1-6-4-9(11)5-7(2)10(6)8(3)12;1-6-3-7(2)5-8(9)4-6/h13-21H,1-12H3;6-10H,1-5H3;4-5H,1-3H3;3-5,9H,1-2H3. The molecule has 0 spiro atoms. The van der Waals surface area contributed by atoms with Gasteiger partial charge in [-0.15, -0.1) is 0 Å². The Labute approximate surface area is 436 Å². The van der Waals surface area contributed by atoms with Gasteiger partial charge in [-0.05, 0) is 223 Å². The third kappa shape index (κ3) is 17.3. The third-order valence-corrected chi connectivity index (χ3v) is 16.0. The van der Waals surface area contributed by atoms with Crippen molar-refractivity contribution in [3.63, 3.8) is 0 Å². The van der Waals surface area contributed by atoms with E-state index in [1.807, 2.05) is 84.0 Å². The molecule has 0 aromatic heterocycles. The fourth-order valence-electron chi connectivity index (χ4n) is 9.96. The quantitative estimate of drug-likeness (QED) is 0.116. The second kappa shape index (κ2) is 25.6. The first kappa shape index (κ1) is 60.3. The maximum absolute atomic E-state index is 11.6. The van der Waals surface area contributed by atoms with Gasteiger partial charge in [0.1, 0.15) is 17.2 Å². The Balaban J connectivity index is 0.000000277. The zero-order valence-electron chi connectivity index (χ0n) is 47.5. The van der Waals surface area contributed by atoms with Crippen LogP contribution in [0.15, 0.2) is 97.1 Å². The van der Waals surface area contributed by atoms with Gasteiger partial charge in [0.2, 0.25) is 0 Å². The van der Waals surface area contributed by atoms with Gasteiger partial charge in [0.25, 0.3) is 0 Å². The second-order valence-corrected chi connectivity index (χ2v) is 26.7. The van der Waals surface area contributed by atoms with Crippen molar-refractivity contribution in [3.05, 3.63) is 174 Å². The number of carbonyl (C=O) groups excluding carboxylic acids is 2. The zero-order chi connectivity index (χ0) is 54.0. The van der Waals surface area contributed by atoms with Crippen molar-refractivity contribution in [1.82, 2.24) is 0 Å². The summed E-state index contributed by atoms with van der Waals surface area (Å²) in [6, 6.07) is 33.4. The summed E-state index contributed by atoms with van der Waals surface area (Å²) in [4.78, 5) is 22.8. The van der Waals surface area contributed by atoms with Crippen LogP contribution in [0.1, 0.15) is 197 Å². The van der Waals surface area contributed by atoms with Crippen molar-refractivity contribution in [2.45, 2.75) is 180 Å². The average Bonchev–Trinajstić information content (AvgIpc) is 3.18. The summed E-state index contributed by atoms with van der Waals surface area (Å²) >= 11 is 5.82. The van der Waals surface area contributed by atoms with Gasteiger partial charge in [-0.3, -0.25) is 9.59 Å². The van der Waals surface area contributed by atoms with Crippen LogP contribution in [-0.4, -0.2) is 27.0 Å². The number of halogens is 1. The van der Waals surface area contributed by atoms with Crippen LogP contribution in [0.2, 0.25) is 5.02 Å². The number of aryl methyl sites for hydroxylation is 8. The van der Waals surface area contributed by atoms with E-state index in [9.17, 15) is 9.59 Å². The molecule has 0 amide bonds. The van der Waals surface area contributed by atoms with Crippen molar-refractivity contribution < 1.29 is 19.4 Å². The van der Waals surface area contributed by atoms with Gasteiger partial charge in [-0.1, -0.05) is 151 Å². The predicted molar refractivity (Wildman–Crippen MR) is 311 cm³/mol. The van der Waals surface area contributed by atoms with Crippen molar-refractivity contribution in [2.75, 3.05) is 0 Å². The molecule has 0 saturated carbocycles. The zero-order valence-corrected chi connectivity index (χ0v) is 49.1. The van der Waals surface area contributed by atoms with Gasteiger partial charge in [0.15, 0.2) is 11.6 Å². The van der Waals surface area contributed by atoms with Crippen LogP contribution in [0.25, 0.3) is 11.1 Å². The molecule has 71 heavy (non-hydrogen) atoms. The van der Waals surface area contributed by atoms with E-state index >= 15 is 0 Å². The molecule has 6 rings (SSSR count). The normalized spacial score (nSPS) is 11.4. The number of Topliss-reactive ketones (excluding diaryl/α,β-unsaturated/α-hetero) is 2. The minimum Gasteiger partial charge on any atom is -0.508 e. The molecular formula is C65H86ClO4P. The van der Waals surface area contributed by atoms with E-state index in [0.29, 0.717) is 28.5 Å². The number of benzene rings is 6. The molecule has 0 radical (unpaired) electrons. The number of hydrogen-bond donors (Lipinski definition) is 1. The molecule has 0 aliphatic carbocycles. The van der Waals surface area contributed by atoms with E-state index < -0.39 is 0 Å². The Bertz CT molecular complexity index is 2640. The molecule has 0 bridgehead atoms. The molecule has 0 unspecified atom stereocenters. The van der Waals surface area contributed by atoms with Crippen LogP contribution in [0.4, 0.5) is 0 Å². The van der Waals surface area contributed by atoms with Crippen LogP contribution < -0.4 is 10.0 Å². The molecule has 0 saturated heterocycles. The third-order valence-electron chi connectivity index (χ3n) is 12.2. The summed E-state index contributed by atoms with van der Waals surface area (Å²) in [5, 5.41) is 11.7. The number of carbonyl (C=O) groups is 2. The first-order valence-electron chi connectivity index (χ1n) is 25.2. The number of phenolic OH excluding ortho intramolecular Hbond substituents is 1. The fourth-order valence-corrected chi connectivity index (χ4v) is 14.4. The summed E-state index contributed by atoms with van der Waals surface area (Å²) in [5.41, 5.74) is 17.4. The van der Waals surface area contributed by atoms with Crippen molar-refractivity contribution in [2.24, 2.45) is 0 Å². The van der Waals surface area contributed by atoms with E-state index in [1.54, 1.807) is 31.3 Å². The van der Waals surface area contributed by atoms with E-state index in [-0.39, 0.29) is 29.8 Å². The number of phenols is 1. The van der Waals surface area contributed by atoms with Crippen molar-refractivity contribution >= 4 is 36.4 Å². The highest BCUT2D eigenvalue weighted by Crippen LogP contribution is 2.60. The van der Waals surface area contributed by atoms with Gasteiger partial charge in [-0.25, -0.2) is 0 Å². The number of rotatable bonds is 9. The Kier molecular flexibility index (Phi) is 21.7. The lowest BCUT2D eigenvalue weighted by Gasteiger charge is -2.43. The summed E-state index contributed by atoms with van der Waals surface area (Å²) in [7, 11) is -0.366. The molecule has 382 valence electrons. The smallest absolute Gasteiger partial charge is 0.160 e. The highest BCUT2D eigenvalue weighted by molar-refractivity contribution is 7.68. The largest absolute Gasteiger partial charge is 0.508 e. The molecule has 6 aromatic carbocycles. The van der Waals surface area contributed by atoms with E-state index in [0.717, 1.165) is 56.0 Å². The van der Waals surface area contributed by atoms with Gasteiger partial charge in [0.05, 0.1) is 0 Å². The molecule has 4 nitrogen and oxygen atoms in total. The molecule has 1 N–H and O–H groups in total. The number of ether oxygens (including phenoxy) is 1. The molecule has 6 aromatic rings. The average molecular weight is 998 g/mol. The van der Waals surface area contributed by atoms with Crippen molar-refractivity contribution in [1.29, 1.82) is 0 Å². The lowest BCUT2D eigenvalue weighted by atomic mass is 9.82. The summed E-state index contributed by atoms with van der Waals surface area (Å²) < 4.78 is 5.93. The van der Waals surface area contributed by atoms with Crippen molar-refractivity contribution in [3.8, 4) is 28.4 Å². The SMILES string of the molecule is CC(=O)c1c(C)cc(Cl)cc1C.CC(=O)c1c(C)cc(Oc2cc(C)cc(C)c2)cc1C.CC(C)c1cc(C(C)C)c(-c2ccccc2P(C(C)(C)C)C(C)(C)C)c(C(C)C)c1.Cc1cc(C)cc(O)c1. The molecule has 0 heterocycles. The van der Waals surface area contributed by atoms with Crippen LogP contribution in [0, 0.1) is 55.4 Å². The molecule has 0 fully saturated rings. The monoisotopic (exact) mass is 997 g/mol. The van der Waals surface area contributed by atoms with Crippen LogP contribution >= 0.6 is 19.5 Å². The molecule has 6 heteroatoms. The summed E-state index contributed by atoms with van der Waals surface area (Å²) in [6.07, 6.45) is 0. The minimum absolute atomic E-state index is 0.0953. The molecule has 0 atom stereocenters. The predicted octanol–water partition coefficient (Wildman–Crippen LogP) is 19.5. The van der Waals surface area contributed by atoms with E-state index in [2.05, 4.69) is 139 Å². The molecule has 0 aliphatic heterocycles. The highest BCUT2D eigenvalue weighted by Gasteiger charge is 2.37. The number of ketones is 2. The van der Waals surface area contributed by atoms with E-state index in [1.165, 1.54) is 38.9 Å². The Hall–Kier alpha value is -5.02. The Morgan fingerprint density at radius 3 is 1.24 bits per heavy atom. The van der Waals surface area contributed by atoms with Crippen LogP contribution in [0.5, 0.6) is 17.2 Å². The van der Waals surface area contributed by atoms with Gasteiger partial charge in [0, 0.05) is 16.1 Å². The highest BCUT2D eigenvalue weighted by atomic mass is 35.5. The van der Waals surface area contributed by atoms with Gasteiger partial charge in [-0.2, -0.15) is 0 Å². The number of aromatic hydroxyl groups is 1. The van der Waals surface area contributed by atoms with Crippen LogP contribution in [-0.2, 0) is 0 Å². The minimum atomic E-state index is -0.366. The van der Waals surface area contributed by atoms with Gasteiger partial charge >= 0.3 is 0 Å². The Morgan fingerprint density at radius 1 is 0.521 bits per heavy atom. The topological polar surface area (TPSA) is 63.6 Å². The summed E-state index contributed by atoms with van der Waals surface area (Å²) in [6.45, 7) is 47.5. The lowest BCUT2D eigenvalue weighted by Crippen LogP contribution is -2.32. The second-order valence-electron chi connectivity index (χ2n) is 22.5. The van der Waals surface area contributed by atoms with Crippen LogP contribution in [0.3, 0.4) is 0 Å². The maximum atomic E-state index is 11.6. The van der Waals surface area contributed by atoms with Gasteiger partial charge < -0.3 is 9.84 Å². The maximum Gasteiger partial charge on any atom is 0.160 e. The number of hydrogen-bond acceptors (Lipinski definition) is 4. The Morgan fingerprint density at radius 2 is 0.887 bits per heavy atom. The lowest BCUT2D eigenvalue weighted by molar-refractivity contribution is 0.100. The fraction of sp³-hybridized carbons (Fsp3) is 0.415. The molecule has 0 aliphatic rings. The first-order valence-corrected chi connectivity index (χ1v) is 27.0. The first-order chi connectivity index (χ1) is 32.7. The summed E-state index contributed by atoms with van der Waals surface area (Å²) in [5.74, 6) is 3.70. The van der Waals surface area contributed by atoms with E-state index in [4.69, 9.17) is 21.4 Å².